The van der Waals surface area contributed by atoms with E-state index in [1.807, 2.05) is 0 Å². The molecule has 0 aliphatic rings. The second-order valence-corrected chi connectivity index (χ2v) is 0.859. The van der Waals surface area contributed by atoms with Crippen LogP contribution in [0.1, 0.15) is 0 Å². The van der Waals surface area contributed by atoms with E-state index < -0.39 is 0 Å². The van der Waals surface area contributed by atoms with Crippen molar-refractivity contribution >= 4 is 9.24 Å². The van der Waals surface area contributed by atoms with Gasteiger partial charge >= 0.3 is 16.8 Å². The maximum Gasteiger partial charge on any atom is 2.00 e. The van der Waals surface area contributed by atoms with Crippen LogP contribution < -0.4 is 0 Å². The molecule has 0 saturated heterocycles. The summed E-state index contributed by atoms with van der Waals surface area (Å²) in [5.74, 6) is 2.63. The van der Waals surface area contributed by atoms with Gasteiger partial charge in [0.2, 0.25) is 0 Å². The Kier molecular flexibility index (Phi) is 14.6. The molecule has 0 spiro atoms. The van der Waals surface area contributed by atoms with Gasteiger partial charge in [-0.05, 0) is 0 Å². The molecule has 6 heavy (non-hydrogen) atoms. The van der Waals surface area contributed by atoms with E-state index in [0.29, 0.717) is 0 Å². The van der Waals surface area contributed by atoms with E-state index in [1.165, 1.54) is 6.08 Å². The summed E-state index contributed by atoms with van der Waals surface area (Å²) in [5, 5.41) is 0. The fraction of sp³-hybridized carbons (Fsp3) is 0. The Hall–Kier alpha value is 0.416. The van der Waals surface area contributed by atoms with Crippen molar-refractivity contribution in [3.05, 3.63) is 24.5 Å². The molecule has 1 radical (unpaired) electrons. The first-order valence-electron chi connectivity index (χ1n) is 1.24. The molecule has 0 aliphatic heterocycles. The fourth-order valence-electron chi connectivity index (χ4n) is 0.0556. The predicted molar refractivity (Wildman–Crippen MR) is 26.4 cm³/mol. The van der Waals surface area contributed by atoms with E-state index >= 15 is 0 Å². The van der Waals surface area contributed by atoms with Gasteiger partial charge in [-0.1, -0.05) is 0 Å². The summed E-state index contributed by atoms with van der Waals surface area (Å²) in [6.07, 6.45) is 3.04. The summed E-state index contributed by atoms with van der Waals surface area (Å²) in [6, 6.07) is 0. The standard InChI is InChI=1S/C4H5P.Co/c1-2-3-4-5;/h1-3H,5H2;/q-2;+2. The fourth-order valence-corrected chi connectivity index (χ4v) is 0.167. The number of hydrogen-bond acceptors (Lipinski definition) is 0. The average Bonchev–Trinajstić information content (AvgIpc) is 1.41. The Bertz CT molecular complexity index is 49.5. The minimum Gasteiger partial charge on any atom is -0.394 e. The number of allylic oxidation sites excluding steroid dienone is 2. The zero-order valence-electron chi connectivity index (χ0n) is 3.14. The maximum absolute atomic E-state index is 4.88. The van der Waals surface area contributed by atoms with Crippen molar-refractivity contribution in [2.24, 2.45) is 0 Å². The Morgan fingerprint density at radius 2 is 2.17 bits per heavy atom. The van der Waals surface area contributed by atoms with Gasteiger partial charge < -0.3 is 24.5 Å². The first kappa shape index (κ1) is 9.65. The van der Waals surface area contributed by atoms with Gasteiger partial charge in [0, 0.05) is 0 Å². The Morgan fingerprint density at radius 3 is 2.17 bits per heavy atom. The van der Waals surface area contributed by atoms with Gasteiger partial charge in [0.15, 0.2) is 0 Å². The molecule has 1 unspecified atom stereocenters. The molecule has 0 aromatic rings. The zero-order valence-corrected chi connectivity index (χ0v) is 5.34. The zero-order chi connectivity index (χ0) is 4.12. The normalized spacial score (nSPS) is 7.50. The van der Waals surface area contributed by atoms with Crippen LogP contribution in [0.15, 0.2) is 12.2 Å². The van der Waals surface area contributed by atoms with Gasteiger partial charge in [0.05, 0.1) is 0 Å². The summed E-state index contributed by atoms with van der Waals surface area (Å²) in [6.45, 7) is 4.88. The minimum absolute atomic E-state index is 0. The van der Waals surface area contributed by atoms with Crippen LogP contribution in [0.5, 0.6) is 0 Å². The minimum atomic E-state index is 0. The molecule has 0 aliphatic carbocycles. The van der Waals surface area contributed by atoms with Crippen molar-refractivity contribution in [3.63, 3.8) is 0 Å². The first-order valence-corrected chi connectivity index (χ1v) is 1.82. The van der Waals surface area contributed by atoms with E-state index in [0.717, 1.165) is 0 Å². The second-order valence-electron chi connectivity index (χ2n) is 0.526. The van der Waals surface area contributed by atoms with Gasteiger partial charge in [0.25, 0.3) is 0 Å². The summed E-state index contributed by atoms with van der Waals surface area (Å²) in [7, 11) is 2.28. The van der Waals surface area contributed by atoms with Gasteiger partial charge in [-0.25, -0.2) is 9.24 Å². The molecule has 0 N–H and O–H groups in total. The van der Waals surface area contributed by atoms with Crippen molar-refractivity contribution in [1.29, 1.82) is 0 Å². The van der Waals surface area contributed by atoms with Crippen molar-refractivity contribution in [2.45, 2.75) is 0 Å². The summed E-state index contributed by atoms with van der Waals surface area (Å²) < 4.78 is 0. The summed E-state index contributed by atoms with van der Waals surface area (Å²) in [5.41, 5.74) is 0. The number of hydrogen-bond donors (Lipinski definition) is 0. The van der Waals surface area contributed by atoms with Crippen molar-refractivity contribution in [3.8, 4) is 0 Å². The number of rotatable bonds is 1. The molecule has 0 aromatic heterocycles. The smallest absolute Gasteiger partial charge is 0.394 e. The van der Waals surface area contributed by atoms with Gasteiger partial charge in [-0.15, -0.1) is 0 Å². The molecule has 0 heterocycles. The molecule has 0 saturated carbocycles. The molecule has 0 bridgehead atoms. The summed E-state index contributed by atoms with van der Waals surface area (Å²) >= 11 is 0. The van der Waals surface area contributed by atoms with Crippen LogP contribution in [0.4, 0.5) is 0 Å². The summed E-state index contributed by atoms with van der Waals surface area (Å²) in [4.78, 5) is 0. The Balaban J connectivity index is 0. The van der Waals surface area contributed by atoms with Crippen LogP contribution in [-0.2, 0) is 16.8 Å². The van der Waals surface area contributed by atoms with E-state index in [9.17, 15) is 0 Å². The molecule has 0 amide bonds. The van der Waals surface area contributed by atoms with E-state index in [4.69, 9.17) is 6.58 Å². The van der Waals surface area contributed by atoms with E-state index in [2.05, 4.69) is 15.1 Å². The third-order valence-electron chi connectivity index (χ3n) is 0.192. The van der Waals surface area contributed by atoms with Crippen LogP contribution in [0.3, 0.4) is 0 Å². The largest absolute Gasteiger partial charge is 2.00 e. The molecule has 0 nitrogen and oxygen atoms in total. The molecule has 35 valence electrons. The molecular formula is C4H5CoP. The van der Waals surface area contributed by atoms with Crippen LogP contribution in [-0.4, -0.2) is 0 Å². The van der Waals surface area contributed by atoms with Crippen LogP contribution in [0.2, 0.25) is 0 Å². The quantitative estimate of drug-likeness (QED) is 0.293. The van der Waals surface area contributed by atoms with Crippen LogP contribution >= 0.6 is 9.24 Å². The topological polar surface area (TPSA) is 0 Å². The predicted octanol–water partition coefficient (Wildman–Crippen LogP) is 1.17. The third kappa shape index (κ3) is 8.83. The molecule has 0 fully saturated rings. The Labute approximate surface area is 51.1 Å². The maximum atomic E-state index is 4.88. The molecule has 0 rings (SSSR count). The van der Waals surface area contributed by atoms with Gasteiger partial charge in [-0.2, -0.15) is 0 Å². The van der Waals surface area contributed by atoms with Crippen molar-refractivity contribution < 1.29 is 16.8 Å². The molecule has 1 atom stereocenters. The van der Waals surface area contributed by atoms with Crippen molar-refractivity contribution in [1.82, 2.24) is 0 Å². The molecular weight excluding hydrogens is 138 g/mol. The van der Waals surface area contributed by atoms with Crippen LogP contribution in [0.25, 0.3) is 0 Å². The van der Waals surface area contributed by atoms with Crippen molar-refractivity contribution in [2.75, 3.05) is 0 Å². The van der Waals surface area contributed by atoms with E-state index in [1.54, 1.807) is 6.08 Å². The average molecular weight is 143 g/mol. The Morgan fingerprint density at radius 1 is 1.67 bits per heavy atom. The molecule has 2 heteroatoms. The van der Waals surface area contributed by atoms with Crippen LogP contribution in [0, 0.1) is 12.4 Å². The monoisotopic (exact) mass is 143 g/mol. The van der Waals surface area contributed by atoms with E-state index in [-0.39, 0.29) is 16.8 Å². The van der Waals surface area contributed by atoms with Gasteiger partial charge in [0.1, 0.15) is 0 Å². The SMILES string of the molecule is [CH-]=CC=[C-]P.[Co+2]. The third-order valence-corrected chi connectivity index (χ3v) is 0.385. The first-order chi connectivity index (χ1) is 2.41. The van der Waals surface area contributed by atoms with Gasteiger partial charge in [-0.3, -0.25) is 0 Å². The molecule has 0 aromatic carbocycles. The second kappa shape index (κ2) is 9.05.